The lowest BCUT2D eigenvalue weighted by Gasteiger charge is -2.36. The van der Waals surface area contributed by atoms with Crippen molar-refractivity contribution >= 4 is 35.5 Å². The third-order valence-corrected chi connectivity index (χ3v) is 8.50. The van der Waals surface area contributed by atoms with Gasteiger partial charge in [-0.1, -0.05) is 46.5 Å². The summed E-state index contributed by atoms with van der Waals surface area (Å²) in [5.41, 5.74) is -1.16. The van der Waals surface area contributed by atoms with Crippen LogP contribution in [0.5, 0.6) is 0 Å². The number of hydrogen-bond acceptors (Lipinski definition) is 7. The lowest BCUT2D eigenvalue weighted by Crippen LogP contribution is -2.59. The molecule has 4 atom stereocenters. The lowest BCUT2D eigenvalue weighted by atomic mass is 9.83. The number of nitrogens with one attached hydrogen (secondary N) is 4. The molecule has 0 aromatic rings. The summed E-state index contributed by atoms with van der Waals surface area (Å²) in [4.78, 5) is 80.7. The van der Waals surface area contributed by atoms with Crippen LogP contribution in [0, 0.1) is 17.8 Å². The van der Waals surface area contributed by atoms with Crippen molar-refractivity contribution in [3.63, 3.8) is 0 Å². The molecule has 5 amide bonds. The van der Waals surface area contributed by atoms with Crippen molar-refractivity contribution in [2.24, 2.45) is 17.8 Å². The molecular formula is C34H59N5O7. The van der Waals surface area contributed by atoms with E-state index in [0.717, 1.165) is 32.1 Å². The molecule has 262 valence electrons. The second kappa shape index (κ2) is 17.1. The number of alkyl carbamates (subject to hydrolysis) is 1. The van der Waals surface area contributed by atoms with Gasteiger partial charge in [0.2, 0.25) is 23.5 Å². The molecule has 46 heavy (non-hydrogen) atoms. The maximum Gasteiger partial charge on any atom is 0.408 e. The Bertz CT molecular complexity index is 1090. The molecule has 0 aromatic carbocycles. The van der Waals surface area contributed by atoms with Gasteiger partial charge >= 0.3 is 6.09 Å². The van der Waals surface area contributed by atoms with E-state index in [0.29, 0.717) is 19.4 Å². The Balaban J connectivity index is 2.23. The van der Waals surface area contributed by atoms with Gasteiger partial charge in [-0.3, -0.25) is 24.0 Å². The molecule has 12 nitrogen and oxygen atoms in total. The second-order valence-electron chi connectivity index (χ2n) is 15.2. The Kier molecular flexibility index (Phi) is 14.5. The van der Waals surface area contributed by atoms with Crippen molar-refractivity contribution in [1.29, 1.82) is 0 Å². The highest BCUT2D eigenvalue weighted by Gasteiger charge is 2.47. The molecule has 2 aliphatic rings. The summed E-state index contributed by atoms with van der Waals surface area (Å²) in [6.07, 6.45) is 5.23. The van der Waals surface area contributed by atoms with E-state index in [4.69, 9.17) is 4.74 Å². The molecule has 1 saturated heterocycles. The molecule has 0 bridgehead atoms. The second-order valence-corrected chi connectivity index (χ2v) is 15.2. The fraction of sp³-hybridized carbons (Fsp3) is 0.824. The number of rotatable bonds is 13. The van der Waals surface area contributed by atoms with Crippen LogP contribution in [0.3, 0.4) is 0 Å². The molecule has 4 N–H and O–H groups in total. The minimum Gasteiger partial charge on any atom is -0.444 e. The molecule has 1 saturated carbocycles. The van der Waals surface area contributed by atoms with Gasteiger partial charge in [-0.25, -0.2) is 4.79 Å². The van der Waals surface area contributed by atoms with E-state index in [1.165, 1.54) is 0 Å². The number of hydrogen-bond donors (Lipinski definition) is 4. The third-order valence-electron chi connectivity index (χ3n) is 8.50. The number of carbonyl (C=O) groups excluding carboxylic acids is 6. The highest BCUT2D eigenvalue weighted by Crippen LogP contribution is 2.34. The van der Waals surface area contributed by atoms with E-state index >= 15 is 0 Å². The fourth-order valence-electron chi connectivity index (χ4n) is 6.39. The minimum absolute atomic E-state index is 0.00972. The van der Waals surface area contributed by atoms with Gasteiger partial charge < -0.3 is 30.9 Å². The average Bonchev–Trinajstić information content (AvgIpc) is 3.39. The van der Waals surface area contributed by atoms with Gasteiger partial charge in [-0.05, 0) is 85.0 Å². The van der Waals surface area contributed by atoms with Gasteiger partial charge in [-0.15, -0.1) is 0 Å². The lowest BCUT2D eigenvalue weighted by molar-refractivity contribution is -0.144. The van der Waals surface area contributed by atoms with Gasteiger partial charge in [0, 0.05) is 25.0 Å². The van der Waals surface area contributed by atoms with Crippen molar-refractivity contribution in [1.82, 2.24) is 26.2 Å². The summed E-state index contributed by atoms with van der Waals surface area (Å²) in [5.74, 6) is -2.94. The Morgan fingerprint density at radius 1 is 0.891 bits per heavy atom. The Morgan fingerprint density at radius 3 is 2.07 bits per heavy atom. The minimum atomic E-state index is -1.08. The monoisotopic (exact) mass is 649 g/mol. The van der Waals surface area contributed by atoms with Crippen molar-refractivity contribution < 1.29 is 33.5 Å². The van der Waals surface area contributed by atoms with E-state index in [1.54, 1.807) is 25.7 Å². The van der Waals surface area contributed by atoms with Gasteiger partial charge in [0.15, 0.2) is 0 Å². The number of ketones is 1. The summed E-state index contributed by atoms with van der Waals surface area (Å²) in [6, 6.07) is -2.79. The summed E-state index contributed by atoms with van der Waals surface area (Å²) in [5, 5.41) is 10.9. The number of ether oxygens (including phenoxy) is 1. The maximum atomic E-state index is 14.3. The molecule has 1 aliphatic heterocycles. The predicted octanol–water partition coefficient (Wildman–Crippen LogP) is 3.61. The zero-order valence-corrected chi connectivity index (χ0v) is 29.5. The zero-order chi connectivity index (χ0) is 34.8. The quantitative estimate of drug-likeness (QED) is 0.222. The number of carbonyl (C=O) groups is 6. The smallest absolute Gasteiger partial charge is 0.408 e. The number of nitrogens with zero attached hydrogens (tertiary/aromatic N) is 1. The van der Waals surface area contributed by atoms with Crippen LogP contribution in [0.4, 0.5) is 4.79 Å². The van der Waals surface area contributed by atoms with Gasteiger partial charge in [0.25, 0.3) is 5.91 Å². The van der Waals surface area contributed by atoms with Gasteiger partial charge in [0.05, 0.1) is 6.04 Å². The summed E-state index contributed by atoms with van der Waals surface area (Å²) < 4.78 is 5.50. The Labute approximate surface area is 275 Å². The van der Waals surface area contributed by atoms with Crippen LogP contribution in [0.15, 0.2) is 0 Å². The van der Waals surface area contributed by atoms with Crippen LogP contribution in [-0.4, -0.2) is 82.8 Å². The zero-order valence-electron chi connectivity index (χ0n) is 29.5. The number of amides is 5. The first-order valence-electron chi connectivity index (χ1n) is 17.1. The first-order valence-corrected chi connectivity index (χ1v) is 17.1. The van der Waals surface area contributed by atoms with Crippen molar-refractivity contribution in [2.75, 3.05) is 13.1 Å². The van der Waals surface area contributed by atoms with Crippen molar-refractivity contribution in [3.05, 3.63) is 0 Å². The maximum absolute atomic E-state index is 14.3. The van der Waals surface area contributed by atoms with Gasteiger partial charge in [-0.2, -0.15) is 0 Å². The molecule has 12 heteroatoms. The SMILES string of the molecule is CCCC(NC(=O)[C@@H]1C(C(C)C)CCN1C(=O)C(NC(=O)OC(C)(C)C)C1CCCCC1)C(=O)C(=O)NCCC(=O)NC(C)(C)C. The summed E-state index contributed by atoms with van der Waals surface area (Å²) in [6.45, 7) is 17.0. The molecule has 3 unspecified atom stereocenters. The molecular weight excluding hydrogens is 590 g/mol. The van der Waals surface area contributed by atoms with E-state index in [9.17, 15) is 28.8 Å². The molecule has 1 aliphatic carbocycles. The Hall–Kier alpha value is -3.18. The van der Waals surface area contributed by atoms with E-state index in [2.05, 4.69) is 21.3 Å². The standard InChI is InChI=1S/C34H59N5O7/c1-10-14-24(28(41)30(43)35-19-17-25(40)38-33(4,5)6)36-29(42)27-23(21(2)3)18-20-39(27)31(44)26(22-15-12-11-13-16-22)37-32(45)46-34(7,8)9/h21-24,26-27H,10-20H2,1-9H3,(H,35,43)(H,36,42)(H,37,45)(H,38,40)/t23?,24?,26?,27-/m0/s1. The number of Topliss-reactive ketones (excluding diaryl/α,β-unsaturated/α-hetero) is 1. The molecule has 0 aromatic heterocycles. The predicted molar refractivity (Wildman–Crippen MR) is 176 cm³/mol. The summed E-state index contributed by atoms with van der Waals surface area (Å²) in [7, 11) is 0. The Morgan fingerprint density at radius 2 is 1.52 bits per heavy atom. The third kappa shape index (κ3) is 12.2. The largest absolute Gasteiger partial charge is 0.444 e. The van der Waals surface area contributed by atoms with Crippen LogP contribution in [0.2, 0.25) is 0 Å². The van der Waals surface area contributed by atoms with Crippen LogP contribution < -0.4 is 21.3 Å². The topological polar surface area (TPSA) is 163 Å². The van der Waals surface area contributed by atoms with Crippen LogP contribution in [0.25, 0.3) is 0 Å². The molecule has 2 rings (SSSR count). The normalized spacial score (nSPS) is 20.4. The van der Waals surface area contributed by atoms with E-state index < -0.39 is 53.0 Å². The van der Waals surface area contributed by atoms with Crippen molar-refractivity contribution in [2.45, 2.75) is 149 Å². The molecule has 0 radical (unpaired) electrons. The highest BCUT2D eigenvalue weighted by atomic mass is 16.6. The van der Waals surface area contributed by atoms with Crippen LogP contribution >= 0.6 is 0 Å². The van der Waals surface area contributed by atoms with Crippen molar-refractivity contribution in [3.8, 4) is 0 Å². The highest BCUT2D eigenvalue weighted by molar-refractivity contribution is 6.38. The molecule has 1 heterocycles. The van der Waals surface area contributed by atoms with Crippen LogP contribution in [0.1, 0.15) is 120 Å². The average molecular weight is 650 g/mol. The van der Waals surface area contributed by atoms with Crippen LogP contribution in [-0.2, 0) is 28.7 Å². The first-order chi connectivity index (χ1) is 21.3. The summed E-state index contributed by atoms with van der Waals surface area (Å²) >= 11 is 0. The first kappa shape index (κ1) is 39.0. The number of likely N-dealkylation sites (tertiary alicyclic amines) is 1. The molecule has 0 spiro atoms. The fourth-order valence-corrected chi connectivity index (χ4v) is 6.39. The molecule has 2 fully saturated rings. The van der Waals surface area contributed by atoms with Gasteiger partial charge in [0.1, 0.15) is 17.7 Å². The van der Waals surface area contributed by atoms with E-state index in [1.807, 2.05) is 41.5 Å². The van der Waals surface area contributed by atoms with E-state index in [-0.39, 0.29) is 49.0 Å².